The number of carbonyl (C=O) groups excluding carboxylic acids is 4. The monoisotopic (exact) mass is 697 g/mol. The van der Waals surface area contributed by atoms with E-state index < -0.39 is 17.8 Å². The van der Waals surface area contributed by atoms with E-state index in [0.717, 1.165) is 47.4 Å². The van der Waals surface area contributed by atoms with E-state index in [1.54, 1.807) is 79.7 Å². The number of hydrogen-bond donors (Lipinski definition) is 3. The molecule has 0 unspecified atom stereocenters. The van der Waals surface area contributed by atoms with Crippen LogP contribution in [-0.4, -0.2) is 42.7 Å². The summed E-state index contributed by atoms with van der Waals surface area (Å²) in [6, 6.07) is 23.0. The van der Waals surface area contributed by atoms with Crippen molar-refractivity contribution in [2.75, 3.05) is 29.6 Å². The summed E-state index contributed by atoms with van der Waals surface area (Å²) in [6.07, 6.45) is 6.47. The molecular weight excluding hydrogens is 659 g/mol. The van der Waals surface area contributed by atoms with E-state index in [2.05, 4.69) is 16.0 Å². The highest BCUT2D eigenvalue weighted by molar-refractivity contribution is 8.00. The van der Waals surface area contributed by atoms with Crippen molar-refractivity contribution < 1.29 is 28.7 Å². The molecule has 0 fully saturated rings. The molecule has 1 aliphatic carbocycles. The number of ether oxygens (including phenoxy) is 2. The summed E-state index contributed by atoms with van der Waals surface area (Å²) in [7, 11) is 0. The van der Waals surface area contributed by atoms with Gasteiger partial charge in [-0.15, -0.1) is 23.1 Å². The molecule has 9 nitrogen and oxygen atoms in total. The second-order valence-corrected chi connectivity index (χ2v) is 13.3. The van der Waals surface area contributed by atoms with E-state index in [0.29, 0.717) is 39.7 Å². The minimum absolute atomic E-state index is 0.0576. The Morgan fingerprint density at radius 2 is 1.63 bits per heavy atom. The van der Waals surface area contributed by atoms with Crippen LogP contribution in [0.5, 0.6) is 5.75 Å². The first-order valence-electron chi connectivity index (χ1n) is 16.3. The maximum atomic E-state index is 13.5. The minimum atomic E-state index is -0.512. The number of thiophene rings is 1. The third kappa shape index (κ3) is 9.84. The van der Waals surface area contributed by atoms with Crippen LogP contribution in [0.3, 0.4) is 0 Å². The third-order valence-electron chi connectivity index (χ3n) is 7.65. The standard InChI is InChI=1S/C38H39N3O6S2/c1-3-46-28-20-18-25(19-21-28)22-31(40-35(43)26-12-7-5-8-13-26)36(44)39-27-14-11-15-29(23-27)48-24-33(42)41-37-34(38(45)47-4-2)30-16-9-6-10-17-32(30)49-37/h5,7-8,11-15,18-23H,3-4,6,9-10,16-17,24H2,1-2H3,(H,39,44)(H,40,43)(H,41,42)/b31-22+. The van der Waals surface area contributed by atoms with Crippen LogP contribution in [0.25, 0.3) is 6.08 Å². The first-order valence-corrected chi connectivity index (χ1v) is 18.1. The first-order chi connectivity index (χ1) is 23.8. The number of fused-ring (bicyclic) bond motifs is 1. The lowest BCUT2D eigenvalue weighted by atomic mass is 10.1. The van der Waals surface area contributed by atoms with E-state index in [1.165, 1.54) is 23.1 Å². The maximum Gasteiger partial charge on any atom is 0.341 e. The average Bonchev–Trinajstić information content (AvgIpc) is 3.28. The highest BCUT2D eigenvalue weighted by Gasteiger charge is 2.26. The molecule has 4 aromatic rings. The number of esters is 1. The summed E-state index contributed by atoms with van der Waals surface area (Å²) in [5.74, 6) is -0.780. The minimum Gasteiger partial charge on any atom is -0.494 e. The molecule has 1 heterocycles. The predicted octanol–water partition coefficient (Wildman–Crippen LogP) is 7.73. The van der Waals surface area contributed by atoms with Gasteiger partial charge >= 0.3 is 5.97 Å². The summed E-state index contributed by atoms with van der Waals surface area (Å²) in [6.45, 7) is 4.47. The van der Waals surface area contributed by atoms with Gasteiger partial charge in [0.15, 0.2) is 0 Å². The molecule has 0 saturated heterocycles. The first kappa shape index (κ1) is 35.4. The molecule has 0 bridgehead atoms. The Bertz CT molecular complexity index is 1820. The Hall–Kier alpha value is -4.87. The van der Waals surface area contributed by atoms with E-state index >= 15 is 0 Å². The quantitative estimate of drug-likeness (QED) is 0.0566. The molecule has 254 valence electrons. The van der Waals surface area contributed by atoms with Crippen LogP contribution in [-0.2, 0) is 27.2 Å². The van der Waals surface area contributed by atoms with Gasteiger partial charge in [-0.25, -0.2) is 4.79 Å². The van der Waals surface area contributed by atoms with E-state index in [4.69, 9.17) is 9.47 Å². The third-order valence-corrected chi connectivity index (χ3v) is 9.85. The van der Waals surface area contributed by atoms with E-state index in [-0.39, 0.29) is 24.0 Å². The Morgan fingerprint density at radius 3 is 2.39 bits per heavy atom. The van der Waals surface area contributed by atoms with Crippen molar-refractivity contribution in [2.45, 2.75) is 50.8 Å². The van der Waals surface area contributed by atoms with Crippen LogP contribution in [0.15, 0.2) is 89.5 Å². The molecule has 0 spiro atoms. The Labute approximate surface area is 294 Å². The Kier molecular flexibility index (Phi) is 12.7. The van der Waals surface area contributed by atoms with Gasteiger partial charge in [-0.05, 0) is 99.2 Å². The smallest absolute Gasteiger partial charge is 0.341 e. The number of carbonyl (C=O) groups is 4. The molecule has 1 aliphatic rings. The Balaban J connectivity index is 1.27. The molecule has 1 aromatic heterocycles. The summed E-state index contributed by atoms with van der Waals surface area (Å²) in [5, 5.41) is 9.12. The number of anilines is 2. The summed E-state index contributed by atoms with van der Waals surface area (Å²) < 4.78 is 10.9. The molecule has 5 rings (SSSR count). The zero-order chi connectivity index (χ0) is 34.6. The second-order valence-electron chi connectivity index (χ2n) is 11.2. The zero-order valence-electron chi connectivity index (χ0n) is 27.5. The normalized spacial score (nSPS) is 12.7. The van der Waals surface area contributed by atoms with Crippen molar-refractivity contribution >= 4 is 63.6 Å². The van der Waals surface area contributed by atoms with Gasteiger partial charge in [0, 0.05) is 21.0 Å². The van der Waals surface area contributed by atoms with Crippen molar-refractivity contribution in [1.29, 1.82) is 0 Å². The van der Waals surface area contributed by atoms with Gasteiger partial charge < -0.3 is 25.4 Å². The number of aryl methyl sites for hydroxylation is 1. The number of nitrogens with one attached hydrogen (secondary N) is 3. The number of benzene rings is 3. The molecule has 3 N–H and O–H groups in total. The SMILES string of the molecule is CCOC(=O)c1c(NC(=O)CSc2cccc(NC(=O)/C(=C\c3ccc(OCC)cc3)NC(=O)c3ccccc3)c2)sc2c1CCCCC2. The maximum absolute atomic E-state index is 13.5. The number of thioether (sulfide) groups is 1. The van der Waals surface area contributed by atoms with Crippen LogP contribution in [0, 0.1) is 0 Å². The number of amides is 3. The summed E-state index contributed by atoms with van der Waals surface area (Å²) in [4.78, 5) is 54.4. The van der Waals surface area contributed by atoms with Crippen LogP contribution < -0.4 is 20.7 Å². The van der Waals surface area contributed by atoms with Crippen molar-refractivity contribution in [1.82, 2.24) is 5.32 Å². The number of rotatable bonds is 13. The lowest BCUT2D eigenvalue weighted by molar-refractivity contribution is -0.114. The van der Waals surface area contributed by atoms with Crippen molar-refractivity contribution in [3.63, 3.8) is 0 Å². The topological polar surface area (TPSA) is 123 Å². The fourth-order valence-corrected chi connectivity index (χ4v) is 7.41. The summed E-state index contributed by atoms with van der Waals surface area (Å²) in [5.41, 5.74) is 3.15. The number of hydrogen-bond acceptors (Lipinski definition) is 8. The molecule has 3 aromatic carbocycles. The van der Waals surface area contributed by atoms with Gasteiger partial charge in [0.1, 0.15) is 16.4 Å². The molecule has 49 heavy (non-hydrogen) atoms. The van der Waals surface area contributed by atoms with Gasteiger partial charge in [-0.1, -0.05) is 42.8 Å². The van der Waals surface area contributed by atoms with Crippen LogP contribution in [0.2, 0.25) is 0 Å². The van der Waals surface area contributed by atoms with Gasteiger partial charge in [0.05, 0.1) is 24.5 Å². The molecule has 0 saturated carbocycles. The molecule has 11 heteroatoms. The molecule has 0 atom stereocenters. The largest absolute Gasteiger partial charge is 0.494 e. The molecular formula is C38H39N3O6S2. The van der Waals surface area contributed by atoms with Crippen LogP contribution in [0.4, 0.5) is 10.7 Å². The highest BCUT2D eigenvalue weighted by Crippen LogP contribution is 2.38. The summed E-state index contributed by atoms with van der Waals surface area (Å²) >= 11 is 2.77. The van der Waals surface area contributed by atoms with E-state index in [1.807, 2.05) is 19.1 Å². The van der Waals surface area contributed by atoms with Crippen molar-refractivity contribution in [3.8, 4) is 5.75 Å². The van der Waals surface area contributed by atoms with Crippen LogP contribution >= 0.6 is 23.1 Å². The average molecular weight is 698 g/mol. The molecule has 3 amide bonds. The second kappa shape index (κ2) is 17.5. The van der Waals surface area contributed by atoms with Gasteiger partial charge in [-0.2, -0.15) is 0 Å². The lowest BCUT2D eigenvalue weighted by Gasteiger charge is -2.12. The van der Waals surface area contributed by atoms with E-state index in [9.17, 15) is 19.2 Å². The lowest BCUT2D eigenvalue weighted by Crippen LogP contribution is -2.30. The predicted molar refractivity (Wildman–Crippen MR) is 195 cm³/mol. The fourth-order valence-electron chi connectivity index (χ4n) is 5.36. The fraction of sp³-hybridized carbons (Fsp3) is 0.263. The van der Waals surface area contributed by atoms with Gasteiger partial charge in [-0.3, -0.25) is 14.4 Å². The van der Waals surface area contributed by atoms with Gasteiger partial charge in [0.25, 0.3) is 11.8 Å². The van der Waals surface area contributed by atoms with Crippen molar-refractivity contribution in [3.05, 3.63) is 112 Å². The van der Waals surface area contributed by atoms with Crippen molar-refractivity contribution in [2.24, 2.45) is 0 Å². The molecule has 0 aliphatic heterocycles. The van der Waals surface area contributed by atoms with Gasteiger partial charge in [0.2, 0.25) is 5.91 Å². The Morgan fingerprint density at radius 1 is 0.857 bits per heavy atom. The zero-order valence-corrected chi connectivity index (χ0v) is 29.1. The highest BCUT2D eigenvalue weighted by atomic mass is 32.2. The molecule has 0 radical (unpaired) electrons. The van der Waals surface area contributed by atoms with Crippen LogP contribution in [0.1, 0.15) is 69.8 Å².